The number of anilines is 3. The number of halogens is 3. The lowest BCUT2D eigenvalue weighted by molar-refractivity contribution is -0.137. The summed E-state index contributed by atoms with van der Waals surface area (Å²) in [7, 11) is 4.43. The van der Waals surface area contributed by atoms with Crippen molar-refractivity contribution < 1.29 is 37.0 Å². The first-order valence-electron chi connectivity index (χ1n) is 14.6. The molecule has 1 aliphatic rings. The predicted molar refractivity (Wildman–Crippen MR) is 171 cm³/mol. The molecule has 2 heterocycles. The summed E-state index contributed by atoms with van der Waals surface area (Å²) in [6, 6.07) is 14.3. The molecule has 2 N–H and O–H groups in total. The number of allylic oxidation sites excluding steroid dienone is 1. The van der Waals surface area contributed by atoms with Crippen LogP contribution in [0.25, 0.3) is 17.0 Å². The fourth-order valence-electron chi connectivity index (χ4n) is 5.31. The number of benzene rings is 3. The second kappa shape index (κ2) is 13.8. The Morgan fingerprint density at radius 3 is 2.09 bits per heavy atom. The molecule has 46 heavy (non-hydrogen) atoms. The maximum absolute atomic E-state index is 13.5. The number of nitrogens with zero attached hydrogens (tertiary/aromatic N) is 2. The summed E-state index contributed by atoms with van der Waals surface area (Å²) in [6.45, 7) is 1.47. The molecule has 0 radical (unpaired) electrons. The summed E-state index contributed by atoms with van der Waals surface area (Å²) in [5.41, 5.74) is 2.06. The van der Waals surface area contributed by atoms with Crippen LogP contribution >= 0.6 is 0 Å². The van der Waals surface area contributed by atoms with Gasteiger partial charge in [0, 0.05) is 47.5 Å². The Balaban J connectivity index is 1.29. The zero-order valence-electron chi connectivity index (χ0n) is 25.5. The molecule has 4 aromatic rings. The number of hydrogen-bond donors (Lipinski definition) is 2. The smallest absolute Gasteiger partial charge is 0.416 e. The van der Waals surface area contributed by atoms with Crippen LogP contribution in [-0.4, -0.2) is 51.2 Å². The molecule has 1 saturated heterocycles. The second-order valence-corrected chi connectivity index (χ2v) is 10.6. The number of alkyl halides is 3. The number of carbonyl (C=O) groups is 2. The predicted octanol–water partition coefficient (Wildman–Crippen LogP) is 7.81. The molecule has 12 heteroatoms. The van der Waals surface area contributed by atoms with Gasteiger partial charge in [0.05, 0.1) is 43.8 Å². The molecular formula is C34H33F3N4O5. The van der Waals surface area contributed by atoms with Crippen LogP contribution in [0, 0.1) is 0 Å². The second-order valence-electron chi connectivity index (χ2n) is 10.6. The van der Waals surface area contributed by atoms with Gasteiger partial charge in [-0.25, -0.2) is 9.78 Å². The number of ketones is 1. The Hall–Kier alpha value is -5.26. The van der Waals surface area contributed by atoms with E-state index in [2.05, 4.69) is 20.5 Å². The van der Waals surface area contributed by atoms with Crippen molar-refractivity contribution in [3.8, 4) is 17.2 Å². The van der Waals surface area contributed by atoms with Crippen LogP contribution in [0.3, 0.4) is 0 Å². The lowest BCUT2D eigenvalue weighted by Gasteiger charge is -2.30. The number of piperidine rings is 1. The van der Waals surface area contributed by atoms with Gasteiger partial charge in [-0.2, -0.15) is 13.2 Å². The van der Waals surface area contributed by atoms with Gasteiger partial charge in [0.2, 0.25) is 5.75 Å². The molecule has 0 spiro atoms. The molecule has 0 saturated carbocycles. The van der Waals surface area contributed by atoms with Gasteiger partial charge in [-0.05, 0) is 79.9 Å². The van der Waals surface area contributed by atoms with Gasteiger partial charge in [0.15, 0.2) is 17.3 Å². The quantitative estimate of drug-likeness (QED) is 0.143. The van der Waals surface area contributed by atoms with Crippen LogP contribution in [0.2, 0.25) is 0 Å². The molecule has 1 aromatic heterocycles. The average molecular weight is 635 g/mol. The summed E-state index contributed by atoms with van der Waals surface area (Å²) in [6.07, 6.45) is 1.43. The molecule has 5 rings (SSSR count). The molecule has 1 fully saturated rings. The summed E-state index contributed by atoms with van der Waals surface area (Å²) < 4.78 is 56.3. The van der Waals surface area contributed by atoms with Gasteiger partial charge in [-0.1, -0.05) is 0 Å². The summed E-state index contributed by atoms with van der Waals surface area (Å²) in [4.78, 5) is 32.2. The minimum atomic E-state index is -4.47. The minimum absolute atomic E-state index is 0.303. The molecule has 9 nitrogen and oxygen atoms in total. The fourth-order valence-corrected chi connectivity index (χ4v) is 5.31. The number of hydrogen-bond acceptors (Lipinski definition) is 7. The molecular weight excluding hydrogens is 601 g/mol. The minimum Gasteiger partial charge on any atom is -0.493 e. The van der Waals surface area contributed by atoms with E-state index in [1.165, 1.54) is 33.5 Å². The number of rotatable bonds is 9. The molecule has 1 aliphatic heterocycles. The first-order valence-corrected chi connectivity index (χ1v) is 14.6. The lowest BCUT2D eigenvalue weighted by Crippen LogP contribution is -2.29. The SMILES string of the molecule is COc1cc(NC(=O)Nc2ccc(C(=O)C=Cc3cc(N4CCCCC4)c4cc(C(F)(F)F)ccc4n3)cc2)cc(OC)c1OC. The number of carbonyl (C=O) groups excluding carboxylic acids is 2. The Morgan fingerprint density at radius 1 is 0.826 bits per heavy atom. The number of methoxy groups -OCH3 is 3. The van der Waals surface area contributed by atoms with Crippen molar-refractivity contribution in [3.05, 3.63) is 83.6 Å². The highest BCUT2D eigenvalue weighted by molar-refractivity contribution is 6.07. The maximum Gasteiger partial charge on any atom is 0.416 e. The van der Waals surface area contributed by atoms with Gasteiger partial charge in [0.25, 0.3) is 0 Å². The normalized spacial score (nSPS) is 13.5. The first kappa shape index (κ1) is 32.1. The van der Waals surface area contributed by atoms with E-state index in [0.29, 0.717) is 56.5 Å². The zero-order chi connectivity index (χ0) is 32.8. The molecule has 240 valence electrons. The van der Waals surface area contributed by atoms with Gasteiger partial charge in [0.1, 0.15) is 0 Å². The van der Waals surface area contributed by atoms with E-state index in [4.69, 9.17) is 14.2 Å². The Labute approximate surface area is 264 Å². The summed E-state index contributed by atoms with van der Waals surface area (Å²) in [5.74, 6) is 0.849. The highest BCUT2D eigenvalue weighted by Gasteiger charge is 2.31. The van der Waals surface area contributed by atoms with Crippen molar-refractivity contribution in [1.29, 1.82) is 0 Å². The monoisotopic (exact) mass is 634 g/mol. The third-order valence-electron chi connectivity index (χ3n) is 7.59. The van der Waals surface area contributed by atoms with Gasteiger partial charge >= 0.3 is 12.2 Å². The summed E-state index contributed by atoms with van der Waals surface area (Å²) in [5, 5.41) is 5.84. The first-order chi connectivity index (χ1) is 22.1. The van der Waals surface area contributed by atoms with E-state index in [-0.39, 0.29) is 5.78 Å². The Morgan fingerprint density at radius 2 is 1.48 bits per heavy atom. The van der Waals surface area contributed by atoms with Crippen molar-refractivity contribution in [2.45, 2.75) is 25.4 Å². The molecule has 0 bridgehead atoms. The summed E-state index contributed by atoms with van der Waals surface area (Å²) >= 11 is 0. The van der Waals surface area contributed by atoms with Crippen molar-refractivity contribution in [1.82, 2.24) is 4.98 Å². The highest BCUT2D eigenvalue weighted by Crippen LogP contribution is 2.40. The number of nitrogens with one attached hydrogen (secondary N) is 2. The number of amides is 2. The Bertz CT molecular complexity index is 1740. The van der Waals surface area contributed by atoms with Gasteiger partial charge < -0.3 is 29.7 Å². The number of pyridine rings is 1. The van der Waals surface area contributed by atoms with E-state index in [9.17, 15) is 22.8 Å². The number of aromatic nitrogens is 1. The zero-order valence-corrected chi connectivity index (χ0v) is 25.5. The third kappa shape index (κ3) is 7.33. The molecule has 3 aromatic carbocycles. The fraction of sp³-hybridized carbons (Fsp3) is 0.265. The van der Waals surface area contributed by atoms with Crippen LogP contribution < -0.4 is 29.7 Å². The highest BCUT2D eigenvalue weighted by atomic mass is 19.4. The average Bonchev–Trinajstić information content (AvgIpc) is 3.06. The van der Waals surface area contributed by atoms with Crippen LogP contribution in [0.5, 0.6) is 17.2 Å². The van der Waals surface area contributed by atoms with Gasteiger partial charge in [-0.3, -0.25) is 4.79 Å². The number of urea groups is 1. The van der Waals surface area contributed by atoms with Crippen LogP contribution in [0.4, 0.5) is 35.0 Å². The van der Waals surface area contributed by atoms with E-state index in [1.807, 2.05) is 0 Å². The largest absolute Gasteiger partial charge is 0.493 e. The molecule has 0 unspecified atom stereocenters. The van der Waals surface area contributed by atoms with Crippen molar-refractivity contribution >= 4 is 45.9 Å². The van der Waals surface area contributed by atoms with E-state index in [0.717, 1.165) is 44.5 Å². The topological polar surface area (TPSA) is 102 Å². The van der Waals surface area contributed by atoms with Gasteiger partial charge in [-0.15, -0.1) is 0 Å². The van der Waals surface area contributed by atoms with Crippen LogP contribution in [0.1, 0.15) is 40.9 Å². The molecule has 2 amide bonds. The molecule has 0 atom stereocenters. The van der Waals surface area contributed by atoms with Crippen molar-refractivity contribution in [2.24, 2.45) is 0 Å². The van der Waals surface area contributed by atoms with E-state index >= 15 is 0 Å². The molecule has 0 aliphatic carbocycles. The van der Waals surface area contributed by atoms with Crippen molar-refractivity contribution in [3.63, 3.8) is 0 Å². The van der Waals surface area contributed by atoms with E-state index < -0.39 is 17.8 Å². The lowest BCUT2D eigenvalue weighted by atomic mass is 10.0. The van der Waals surface area contributed by atoms with Crippen LogP contribution in [0.15, 0.2) is 66.7 Å². The van der Waals surface area contributed by atoms with E-state index in [1.54, 1.807) is 48.5 Å². The number of ether oxygens (including phenoxy) is 3. The van der Waals surface area contributed by atoms with Crippen LogP contribution in [-0.2, 0) is 6.18 Å². The Kier molecular flexibility index (Phi) is 9.64. The number of fused-ring (bicyclic) bond motifs is 1. The third-order valence-corrected chi connectivity index (χ3v) is 7.59. The standard InChI is InChI=1S/C34H33F3N4O5/c1-44-30-19-25(20-31(45-2)32(30)46-3)40-33(43)39-23-10-7-21(8-11-23)29(42)14-12-24-18-28(41-15-5-4-6-16-41)26-17-22(34(35,36)37)9-13-27(26)38-24/h7-14,17-20H,4-6,15-16H2,1-3H3,(H2,39,40,43). The maximum atomic E-state index is 13.5. The van der Waals surface area contributed by atoms with Crippen molar-refractivity contribution in [2.75, 3.05) is 50.0 Å².